The summed E-state index contributed by atoms with van der Waals surface area (Å²) in [6, 6.07) is 8.72. The van der Waals surface area contributed by atoms with Crippen LogP contribution in [0.25, 0.3) is 22.3 Å². The topological polar surface area (TPSA) is 91.8 Å². The van der Waals surface area contributed by atoms with Crippen molar-refractivity contribution in [1.29, 1.82) is 0 Å². The Kier molecular flexibility index (Phi) is 4.82. The maximum absolute atomic E-state index is 12.8. The summed E-state index contributed by atoms with van der Waals surface area (Å²) in [6.07, 6.45) is 6.25. The van der Waals surface area contributed by atoms with Crippen LogP contribution in [0.1, 0.15) is 24.2 Å². The van der Waals surface area contributed by atoms with Gasteiger partial charge < -0.3 is 4.98 Å². The number of rotatable bonds is 4. The summed E-state index contributed by atoms with van der Waals surface area (Å²) in [5.74, 6) is -0.471. The van der Waals surface area contributed by atoms with Gasteiger partial charge in [0, 0.05) is 41.7 Å². The van der Waals surface area contributed by atoms with E-state index in [1.54, 1.807) is 42.9 Å². The molecular weight excluding hydrogens is 390 g/mol. The average molecular weight is 406 g/mol. The Morgan fingerprint density at radius 1 is 1.14 bits per heavy atom. The second-order valence-corrected chi connectivity index (χ2v) is 6.87. The number of hydrogen-bond acceptors (Lipinski definition) is 5. The van der Waals surface area contributed by atoms with Crippen molar-refractivity contribution in [3.8, 4) is 11.3 Å². The summed E-state index contributed by atoms with van der Waals surface area (Å²) in [5.41, 5.74) is 3.04. The van der Waals surface area contributed by atoms with E-state index in [0.717, 1.165) is 0 Å². The van der Waals surface area contributed by atoms with E-state index < -0.39 is 0 Å². The number of fused-ring (bicyclic) bond motifs is 1. The van der Waals surface area contributed by atoms with E-state index in [4.69, 9.17) is 11.6 Å². The summed E-state index contributed by atoms with van der Waals surface area (Å²) >= 11 is 6.17. The molecule has 0 radical (unpaired) electrons. The molecule has 0 atom stereocenters. The third kappa shape index (κ3) is 3.36. The first-order chi connectivity index (χ1) is 14.0. The lowest BCUT2D eigenvalue weighted by Crippen LogP contribution is -2.25. The van der Waals surface area contributed by atoms with Crippen LogP contribution in [-0.4, -0.2) is 31.6 Å². The highest BCUT2D eigenvalue weighted by Crippen LogP contribution is 2.39. The van der Waals surface area contributed by atoms with Gasteiger partial charge in [0.1, 0.15) is 12.0 Å². The first kappa shape index (κ1) is 18.8. The Labute approximate surface area is 171 Å². The molecule has 0 unspecified atom stereocenters. The number of ketones is 1. The molecule has 7 nitrogen and oxygen atoms in total. The maximum Gasteiger partial charge on any atom is 0.228 e. The number of halogens is 1. The molecule has 0 saturated heterocycles. The predicted molar refractivity (Wildman–Crippen MR) is 111 cm³/mol. The molecule has 3 aromatic heterocycles. The van der Waals surface area contributed by atoms with Crippen LogP contribution < -0.4 is 4.90 Å². The molecule has 29 heavy (non-hydrogen) atoms. The van der Waals surface area contributed by atoms with Gasteiger partial charge >= 0.3 is 0 Å². The van der Waals surface area contributed by atoms with E-state index in [9.17, 15) is 9.59 Å². The highest BCUT2D eigenvalue weighted by molar-refractivity contribution is 6.31. The second kappa shape index (κ2) is 7.44. The molecule has 0 aliphatic carbocycles. The number of nitrogens with one attached hydrogen (secondary N) is 1. The third-order valence-corrected chi connectivity index (χ3v) is 4.75. The van der Waals surface area contributed by atoms with E-state index in [1.165, 1.54) is 25.1 Å². The zero-order valence-electron chi connectivity index (χ0n) is 15.7. The van der Waals surface area contributed by atoms with Crippen LogP contribution in [0.4, 0.5) is 11.4 Å². The molecule has 0 saturated carbocycles. The fraction of sp³-hybridized carbons (Fsp3) is 0.0952. The number of hydrogen-bond donors (Lipinski definition) is 1. The Morgan fingerprint density at radius 3 is 2.69 bits per heavy atom. The van der Waals surface area contributed by atoms with Crippen molar-refractivity contribution in [2.45, 2.75) is 13.8 Å². The number of carbonyl (C=O) groups is 2. The highest BCUT2D eigenvalue weighted by atomic mass is 35.5. The van der Waals surface area contributed by atoms with Gasteiger partial charge in [0.25, 0.3) is 0 Å². The lowest BCUT2D eigenvalue weighted by Gasteiger charge is -2.25. The first-order valence-electron chi connectivity index (χ1n) is 8.81. The zero-order valence-corrected chi connectivity index (χ0v) is 16.4. The van der Waals surface area contributed by atoms with Gasteiger partial charge in [-0.25, -0.2) is 9.97 Å². The molecule has 1 amide bonds. The number of benzene rings is 1. The summed E-state index contributed by atoms with van der Waals surface area (Å²) in [7, 11) is 0. The van der Waals surface area contributed by atoms with Gasteiger partial charge in [0.15, 0.2) is 5.78 Å². The molecule has 4 rings (SSSR count). The van der Waals surface area contributed by atoms with Gasteiger partial charge in [0.05, 0.1) is 22.5 Å². The van der Waals surface area contributed by atoms with Gasteiger partial charge in [-0.05, 0) is 25.1 Å². The number of Topliss-reactive ketones (excluding diaryl/α,β-unsaturated/α-hetero) is 1. The average Bonchev–Trinajstić information content (AvgIpc) is 3.12. The molecule has 144 valence electrons. The Balaban J connectivity index is 2.05. The van der Waals surface area contributed by atoms with Crippen molar-refractivity contribution in [3.05, 3.63) is 65.8 Å². The normalized spacial score (nSPS) is 10.9. The van der Waals surface area contributed by atoms with Crippen LogP contribution in [0.5, 0.6) is 0 Å². The SMILES string of the molecule is CC(=O)c1ccnc(-c2cccc(Cl)c2)c1N(C(C)=O)c1c[nH]c2ncncc12. The number of aromatic nitrogens is 4. The maximum atomic E-state index is 12.8. The van der Waals surface area contributed by atoms with Gasteiger partial charge in [-0.15, -0.1) is 0 Å². The summed E-state index contributed by atoms with van der Waals surface area (Å²) in [6.45, 7) is 2.89. The van der Waals surface area contributed by atoms with Crippen LogP contribution >= 0.6 is 11.6 Å². The fourth-order valence-electron chi connectivity index (χ4n) is 3.29. The molecule has 0 aliphatic heterocycles. The minimum Gasteiger partial charge on any atom is -0.344 e. The van der Waals surface area contributed by atoms with Crippen molar-refractivity contribution in [3.63, 3.8) is 0 Å². The van der Waals surface area contributed by atoms with E-state index in [1.807, 2.05) is 6.07 Å². The molecule has 4 aromatic rings. The van der Waals surface area contributed by atoms with E-state index in [-0.39, 0.29) is 11.7 Å². The fourth-order valence-corrected chi connectivity index (χ4v) is 3.48. The van der Waals surface area contributed by atoms with E-state index in [2.05, 4.69) is 19.9 Å². The number of amides is 1. The molecule has 1 N–H and O–H groups in total. The summed E-state index contributed by atoms with van der Waals surface area (Å²) in [4.78, 5) is 42.5. The van der Waals surface area contributed by atoms with Gasteiger partial charge in [0.2, 0.25) is 5.91 Å². The largest absolute Gasteiger partial charge is 0.344 e. The number of aromatic amines is 1. The van der Waals surface area contributed by atoms with Crippen LogP contribution in [0.3, 0.4) is 0 Å². The predicted octanol–water partition coefficient (Wildman–Crippen LogP) is 4.56. The number of pyridine rings is 1. The molecule has 0 fully saturated rings. The molecule has 8 heteroatoms. The summed E-state index contributed by atoms with van der Waals surface area (Å²) in [5, 5.41) is 1.18. The molecular formula is C21H16ClN5O2. The molecule has 0 spiro atoms. The van der Waals surface area contributed by atoms with Crippen molar-refractivity contribution < 1.29 is 9.59 Å². The number of anilines is 2. The Morgan fingerprint density at radius 2 is 1.97 bits per heavy atom. The quantitative estimate of drug-likeness (QED) is 0.502. The second-order valence-electron chi connectivity index (χ2n) is 6.44. The number of nitrogens with zero attached hydrogens (tertiary/aromatic N) is 4. The molecule has 1 aromatic carbocycles. The van der Waals surface area contributed by atoms with E-state index in [0.29, 0.717) is 44.3 Å². The van der Waals surface area contributed by atoms with Crippen LogP contribution in [0.15, 0.2) is 55.2 Å². The van der Waals surface area contributed by atoms with Crippen LogP contribution in [0, 0.1) is 0 Å². The van der Waals surface area contributed by atoms with Crippen molar-refractivity contribution in [1.82, 2.24) is 19.9 Å². The zero-order chi connectivity index (χ0) is 20.5. The summed E-state index contributed by atoms with van der Waals surface area (Å²) < 4.78 is 0. The van der Waals surface area contributed by atoms with Gasteiger partial charge in [-0.2, -0.15) is 0 Å². The van der Waals surface area contributed by atoms with E-state index >= 15 is 0 Å². The molecule has 0 aliphatic rings. The third-order valence-electron chi connectivity index (χ3n) is 4.51. The first-order valence-corrected chi connectivity index (χ1v) is 9.19. The minimum absolute atomic E-state index is 0.187. The standard InChI is InChI=1S/C21H16ClN5O2/c1-12(28)16-6-7-24-19(14-4-3-5-15(22)8-14)20(16)27(13(2)29)18-10-25-21-17(18)9-23-11-26-21/h3-11H,1-2H3,(H,23,25,26). The molecule has 0 bridgehead atoms. The Hall–Kier alpha value is -3.58. The number of H-pyrrole nitrogens is 1. The lowest BCUT2D eigenvalue weighted by atomic mass is 10.0. The van der Waals surface area contributed by atoms with Crippen LogP contribution in [-0.2, 0) is 4.79 Å². The smallest absolute Gasteiger partial charge is 0.228 e. The van der Waals surface area contributed by atoms with Gasteiger partial charge in [-0.3, -0.25) is 19.5 Å². The highest BCUT2D eigenvalue weighted by Gasteiger charge is 2.27. The van der Waals surface area contributed by atoms with Crippen LogP contribution in [0.2, 0.25) is 5.02 Å². The lowest BCUT2D eigenvalue weighted by molar-refractivity contribution is -0.115. The Bertz CT molecular complexity index is 1250. The van der Waals surface area contributed by atoms with Gasteiger partial charge in [-0.1, -0.05) is 23.7 Å². The minimum atomic E-state index is -0.284. The monoisotopic (exact) mass is 405 g/mol. The van der Waals surface area contributed by atoms with Crippen molar-refractivity contribution in [2.24, 2.45) is 0 Å². The van der Waals surface area contributed by atoms with Crippen molar-refractivity contribution in [2.75, 3.05) is 4.90 Å². The van der Waals surface area contributed by atoms with Crippen molar-refractivity contribution >= 4 is 45.7 Å². The number of carbonyl (C=O) groups excluding carboxylic acids is 2. The molecule has 3 heterocycles.